The van der Waals surface area contributed by atoms with E-state index in [2.05, 4.69) is 0 Å². The Labute approximate surface area is 112 Å². The Morgan fingerprint density at radius 2 is 2.11 bits per heavy atom. The Morgan fingerprint density at radius 1 is 1.39 bits per heavy atom. The van der Waals surface area contributed by atoms with Crippen LogP contribution in [0.3, 0.4) is 0 Å². The van der Waals surface area contributed by atoms with Gasteiger partial charge in [0.25, 0.3) is 0 Å². The van der Waals surface area contributed by atoms with Crippen LogP contribution in [0.5, 0.6) is 0 Å². The SMILES string of the molecule is Nc1ccc(SCC(O)CC2CCCC2)c(F)c1. The fourth-order valence-electron chi connectivity index (χ4n) is 2.52. The van der Waals surface area contributed by atoms with Crippen LogP contribution in [0.4, 0.5) is 10.1 Å². The van der Waals surface area contributed by atoms with Gasteiger partial charge in [0.1, 0.15) is 5.82 Å². The molecular weight excluding hydrogens is 249 g/mol. The lowest BCUT2D eigenvalue weighted by molar-refractivity contribution is 0.165. The highest BCUT2D eigenvalue weighted by molar-refractivity contribution is 7.99. The molecule has 1 atom stereocenters. The Kier molecular flexibility index (Phi) is 4.89. The number of halogens is 1. The Morgan fingerprint density at radius 3 is 2.78 bits per heavy atom. The molecule has 0 heterocycles. The van der Waals surface area contributed by atoms with Gasteiger partial charge in [-0.3, -0.25) is 0 Å². The molecule has 1 aromatic rings. The third-order valence-electron chi connectivity index (χ3n) is 3.47. The summed E-state index contributed by atoms with van der Waals surface area (Å²) in [5.41, 5.74) is 5.93. The van der Waals surface area contributed by atoms with Crippen molar-refractivity contribution in [3.8, 4) is 0 Å². The van der Waals surface area contributed by atoms with E-state index in [0.717, 1.165) is 6.42 Å². The summed E-state index contributed by atoms with van der Waals surface area (Å²) in [6.45, 7) is 0. The zero-order chi connectivity index (χ0) is 13.0. The van der Waals surface area contributed by atoms with Crippen molar-refractivity contribution in [3.05, 3.63) is 24.0 Å². The maximum atomic E-state index is 13.5. The third kappa shape index (κ3) is 3.89. The molecule has 0 saturated heterocycles. The molecule has 4 heteroatoms. The van der Waals surface area contributed by atoms with Crippen LogP contribution in [0.2, 0.25) is 0 Å². The lowest BCUT2D eigenvalue weighted by Crippen LogP contribution is -2.14. The van der Waals surface area contributed by atoms with E-state index in [1.807, 2.05) is 0 Å². The lowest BCUT2D eigenvalue weighted by atomic mass is 10.0. The number of aliphatic hydroxyl groups excluding tert-OH is 1. The zero-order valence-corrected chi connectivity index (χ0v) is 11.3. The summed E-state index contributed by atoms with van der Waals surface area (Å²) in [6.07, 6.45) is 5.56. The van der Waals surface area contributed by atoms with E-state index in [0.29, 0.717) is 22.3 Å². The van der Waals surface area contributed by atoms with Crippen molar-refractivity contribution in [1.29, 1.82) is 0 Å². The number of rotatable bonds is 5. The molecule has 2 rings (SSSR count). The average molecular weight is 269 g/mol. The van der Waals surface area contributed by atoms with Crippen molar-refractivity contribution in [3.63, 3.8) is 0 Å². The number of anilines is 1. The molecule has 0 bridgehead atoms. The molecule has 1 aliphatic rings. The second-order valence-electron chi connectivity index (χ2n) is 5.04. The highest BCUT2D eigenvalue weighted by Crippen LogP contribution is 2.30. The summed E-state index contributed by atoms with van der Waals surface area (Å²) in [7, 11) is 0. The summed E-state index contributed by atoms with van der Waals surface area (Å²) in [5, 5.41) is 9.95. The molecule has 1 unspecified atom stereocenters. The number of nitrogen functional groups attached to an aromatic ring is 1. The molecule has 1 aliphatic carbocycles. The summed E-state index contributed by atoms with van der Waals surface area (Å²) >= 11 is 1.37. The lowest BCUT2D eigenvalue weighted by Gasteiger charge is -2.15. The molecule has 100 valence electrons. The van der Waals surface area contributed by atoms with E-state index in [9.17, 15) is 9.50 Å². The average Bonchev–Trinajstić information content (AvgIpc) is 2.80. The molecule has 1 saturated carbocycles. The van der Waals surface area contributed by atoms with Crippen LogP contribution in [0.15, 0.2) is 23.1 Å². The van der Waals surface area contributed by atoms with Crippen molar-refractivity contribution in [2.24, 2.45) is 5.92 Å². The van der Waals surface area contributed by atoms with E-state index >= 15 is 0 Å². The number of thioether (sulfide) groups is 1. The molecule has 0 spiro atoms. The van der Waals surface area contributed by atoms with Gasteiger partial charge in [0.2, 0.25) is 0 Å². The second-order valence-corrected chi connectivity index (χ2v) is 6.10. The van der Waals surface area contributed by atoms with Gasteiger partial charge in [-0.1, -0.05) is 25.7 Å². The Hall–Kier alpha value is -0.740. The first-order valence-electron chi connectivity index (χ1n) is 6.51. The van der Waals surface area contributed by atoms with Gasteiger partial charge >= 0.3 is 0 Å². The van der Waals surface area contributed by atoms with Crippen LogP contribution in [0.25, 0.3) is 0 Å². The van der Waals surface area contributed by atoms with E-state index < -0.39 is 0 Å². The molecule has 1 aromatic carbocycles. The van der Waals surface area contributed by atoms with Gasteiger partial charge in [-0.05, 0) is 30.5 Å². The smallest absolute Gasteiger partial charge is 0.138 e. The van der Waals surface area contributed by atoms with E-state index in [4.69, 9.17) is 5.73 Å². The standard InChI is InChI=1S/C14H20FNOS/c15-13-8-11(16)5-6-14(13)18-9-12(17)7-10-3-1-2-4-10/h5-6,8,10,12,17H,1-4,7,9,16H2. The van der Waals surface area contributed by atoms with Crippen molar-refractivity contribution in [2.45, 2.75) is 43.1 Å². The van der Waals surface area contributed by atoms with Crippen molar-refractivity contribution >= 4 is 17.4 Å². The quantitative estimate of drug-likeness (QED) is 0.636. The number of benzene rings is 1. The minimum atomic E-state index is -0.338. The summed E-state index contributed by atoms with van der Waals surface area (Å²) < 4.78 is 13.5. The van der Waals surface area contributed by atoms with Gasteiger partial charge < -0.3 is 10.8 Å². The number of hydrogen-bond donors (Lipinski definition) is 2. The summed E-state index contributed by atoms with van der Waals surface area (Å²) in [4.78, 5) is 0.565. The van der Waals surface area contributed by atoms with Crippen LogP contribution in [0.1, 0.15) is 32.1 Å². The maximum Gasteiger partial charge on any atom is 0.138 e. The Bertz CT molecular complexity index is 393. The summed E-state index contributed by atoms with van der Waals surface area (Å²) in [5.74, 6) is 0.919. The van der Waals surface area contributed by atoms with Gasteiger partial charge in [-0.15, -0.1) is 11.8 Å². The molecule has 18 heavy (non-hydrogen) atoms. The molecule has 2 nitrogen and oxygen atoms in total. The predicted octanol–water partition coefficient (Wildman–Crippen LogP) is 3.44. The number of hydrogen-bond acceptors (Lipinski definition) is 3. The minimum absolute atomic E-state index is 0.298. The molecule has 0 radical (unpaired) electrons. The van der Waals surface area contributed by atoms with Crippen molar-refractivity contribution in [2.75, 3.05) is 11.5 Å². The maximum absolute atomic E-state index is 13.5. The highest BCUT2D eigenvalue weighted by atomic mass is 32.2. The van der Waals surface area contributed by atoms with Crippen LogP contribution in [0, 0.1) is 11.7 Å². The molecule has 0 amide bonds. The van der Waals surface area contributed by atoms with Crippen LogP contribution < -0.4 is 5.73 Å². The monoisotopic (exact) mass is 269 g/mol. The third-order valence-corrected chi connectivity index (χ3v) is 4.66. The van der Waals surface area contributed by atoms with E-state index in [1.165, 1.54) is 43.5 Å². The summed E-state index contributed by atoms with van der Waals surface area (Å²) in [6, 6.07) is 4.69. The Balaban J connectivity index is 1.79. The second kappa shape index (κ2) is 6.43. The highest BCUT2D eigenvalue weighted by Gasteiger charge is 2.19. The van der Waals surface area contributed by atoms with Crippen molar-refractivity contribution < 1.29 is 9.50 Å². The molecule has 0 aromatic heterocycles. The number of aliphatic hydroxyl groups is 1. The molecule has 0 aliphatic heterocycles. The first-order valence-corrected chi connectivity index (χ1v) is 7.49. The molecular formula is C14H20FNOS. The molecule has 3 N–H and O–H groups in total. The normalized spacial score (nSPS) is 18.1. The van der Waals surface area contributed by atoms with Crippen molar-refractivity contribution in [1.82, 2.24) is 0 Å². The number of nitrogens with two attached hydrogens (primary N) is 1. The molecule has 1 fully saturated rings. The largest absolute Gasteiger partial charge is 0.399 e. The fourth-order valence-corrected chi connectivity index (χ4v) is 3.39. The van der Waals surface area contributed by atoms with E-state index in [1.54, 1.807) is 12.1 Å². The van der Waals surface area contributed by atoms with E-state index in [-0.39, 0.29) is 11.9 Å². The first kappa shape index (κ1) is 13.7. The van der Waals surface area contributed by atoms with Gasteiger partial charge in [-0.25, -0.2) is 4.39 Å². The van der Waals surface area contributed by atoms with Crippen LogP contribution >= 0.6 is 11.8 Å². The van der Waals surface area contributed by atoms with Gasteiger partial charge in [0.05, 0.1) is 6.10 Å². The van der Waals surface area contributed by atoms with Crippen LogP contribution in [-0.2, 0) is 0 Å². The topological polar surface area (TPSA) is 46.2 Å². The predicted molar refractivity (Wildman–Crippen MR) is 74.1 cm³/mol. The van der Waals surface area contributed by atoms with Crippen LogP contribution in [-0.4, -0.2) is 17.0 Å². The minimum Gasteiger partial charge on any atom is -0.399 e. The fraction of sp³-hybridized carbons (Fsp3) is 0.571. The zero-order valence-electron chi connectivity index (χ0n) is 10.4. The van der Waals surface area contributed by atoms with Gasteiger partial charge in [0.15, 0.2) is 0 Å². The van der Waals surface area contributed by atoms with Gasteiger partial charge in [0, 0.05) is 16.3 Å². The first-order chi connectivity index (χ1) is 8.65. The van der Waals surface area contributed by atoms with Gasteiger partial charge in [-0.2, -0.15) is 0 Å².